The second-order valence-electron chi connectivity index (χ2n) is 8.78. The van der Waals surface area contributed by atoms with E-state index >= 15 is 0 Å². The molecule has 9 heteroatoms. The first-order chi connectivity index (χ1) is 18.9. The van der Waals surface area contributed by atoms with Crippen molar-refractivity contribution < 1.29 is 33.6 Å². The highest BCUT2D eigenvalue weighted by Crippen LogP contribution is 2.39. The molecule has 0 radical (unpaired) electrons. The van der Waals surface area contributed by atoms with Gasteiger partial charge in [0.25, 0.3) is 0 Å². The minimum absolute atomic E-state index is 0.280. The van der Waals surface area contributed by atoms with Crippen LogP contribution in [-0.2, 0) is 0 Å². The van der Waals surface area contributed by atoms with Crippen molar-refractivity contribution in [3.63, 3.8) is 0 Å². The Morgan fingerprint density at radius 3 is 2.18 bits per heavy atom. The van der Waals surface area contributed by atoms with Crippen LogP contribution < -0.4 is 28.6 Å². The molecule has 0 atom stereocenters. The van der Waals surface area contributed by atoms with E-state index in [9.17, 15) is 9.90 Å². The number of carbonyl (C=O) groups is 1. The molecule has 0 bridgehead atoms. The van der Waals surface area contributed by atoms with Crippen LogP contribution in [0.4, 0.5) is 10.5 Å². The fourth-order valence-corrected chi connectivity index (χ4v) is 4.24. The Balaban J connectivity index is 1.50. The van der Waals surface area contributed by atoms with Crippen molar-refractivity contribution in [1.29, 1.82) is 0 Å². The lowest BCUT2D eigenvalue weighted by Crippen LogP contribution is -2.31. The molecule has 1 N–H and O–H groups in total. The maximum absolute atomic E-state index is 12.1. The van der Waals surface area contributed by atoms with Gasteiger partial charge in [0, 0.05) is 24.2 Å². The number of aromatic nitrogens is 1. The normalized spacial score (nSPS) is 10.7. The molecule has 0 saturated heterocycles. The number of hydrogen-bond donors (Lipinski definition) is 1. The zero-order valence-electron chi connectivity index (χ0n) is 22.7. The van der Waals surface area contributed by atoms with Gasteiger partial charge in [-0.1, -0.05) is 0 Å². The number of carboxylic acid groups (broad SMARTS) is 1. The monoisotopic (exact) mass is 532 g/mol. The van der Waals surface area contributed by atoms with Crippen LogP contribution in [0.5, 0.6) is 34.5 Å². The van der Waals surface area contributed by atoms with E-state index in [-0.39, 0.29) is 6.54 Å². The molecule has 1 heterocycles. The summed E-state index contributed by atoms with van der Waals surface area (Å²) in [5.74, 6) is 3.81. The first-order valence-electron chi connectivity index (χ1n) is 12.4. The molecule has 0 aliphatic rings. The average molecular weight is 533 g/mol. The number of fused-ring (bicyclic) bond motifs is 1. The van der Waals surface area contributed by atoms with Crippen molar-refractivity contribution in [3.05, 3.63) is 71.9 Å². The van der Waals surface area contributed by atoms with Gasteiger partial charge in [0.05, 0.1) is 39.1 Å². The van der Waals surface area contributed by atoms with E-state index in [1.54, 1.807) is 51.8 Å². The first-order valence-corrected chi connectivity index (χ1v) is 12.4. The number of ether oxygens (including phenoxy) is 5. The van der Waals surface area contributed by atoms with Crippen LogP contribution in [0.2, 0.25) is 0 Å². The standard InChI is InChI=1S/C30H32N2O7/c1-19-20(2)26(39-27-13-14-31-24-18-29(37-5)28(36-4)17-23(24)27)12-11-25(19)32(30(33)34)15-6-16-38-22-9-7-21(35-3)8-10-22/h7-14,17-18H,6,15-16H2,1-5H3,(H,33,34). The lowest BCUT2D eigenvalue weighted by Gasteiger charge is -2.23. The number of methoxy groups -OCH3 is 3. The summed E-state index contributed by atoms with van der Waals surface area (Å²) in [4.78, 5) is 17.9. The van der Waals surface area contributed by atoms with Gasteiger partial charge in [0.15, 0.2) is 11.5 Å². The summed E-state index contributed by atoms with van der Waals surface area (Å²) in [6, 6.07) is 16.2. The molecule has 39 heavy (non-hydrogen) atoms. The molecule has 204 valence electrons. The van der Waals surface area contributed by atoms with Crippen LogP contribution in [0.15, 0.2) is 60.8 Å². The smallest absolute Gasteiger partial charge is 0.411 e. The Labute approximate surface area is 227 Å². The molecule has 4 rings (SSSR count). The molecule has 0 fully saturated rings. The average Bonchev–Trinajstić information content (AvgIpc) is 2.95. The van der Waals surface area contributed by atoms with Crippen LogP contribution in [0.25, 0.3) is 10.9 Å². The SMILES string of the molecule is COc1ccc(OCCCN(C(=O)O)c2ccc(Oc3ccnc4cc(OC)c(OC)cc34)c(C)c2C)cc1. The summed E-state index contributed by atoms with van der Waals surface area (Å²) >= 11 is 0. The van der Waals surface area contributed by atoms with E-state index in [1.807, 2.05) is 44.2 Å². The number of benzene rings is 3. The lowest BCUT2D eigenvalue weighted by atomic mass is 10.1. The molecule has 3 aromatic carbocycles. The molecule has 0 spiro atoms. The minimum Gasteiger partial charge on any atom is -0.497 e. The molecule has 4 aromatic rings. The van der Waals surface area contributed by atoms with E-state index in [4.69, 9.17) is 23.7 Å². The van der Waals surface area contributed by atoms with Crippen molar-refractivity contribution in [2.45, 2.75) is 20.3 Å². The van der Waals surface area contributed by atoms with Gasteiger partial charge in [-0.2, -0.15) is 0 Å². The molecule has 0 saturated carbocycles. The van der Waals surface area contributed by atoms with E-state index in [2.05, 4.69) is 4.98 Å². The summed E-state index contributed by atoms with van der Waals surface area (Å²) in [6.07, 6.45) is 1.15. The van der Waals surface area contributed by atoms with Crippen molar-refractivity contribution in [2.24, 2.45) is 0 Å². The second-order valence-corrected chi connectivity index (χ2v) is 8.78. The first kappa shape index (κ1) is 27.4. The third kappa shape index (κ3) is 6.09. The Morgan fingerprint density at radius 2 is 1.51 bits per heavy atom. The minimum atomic E-state index is -1.03. The fraction of sp³-hybridized carbons (Fsp3) is 0.267. The number of amides is 1. The zero-order valence-corrected chi connectivity index (χ0v) is 22.7. The van der Waals surface area contributed by atoms with Gasteiger partial charge < -0.3 is 28.8 Å². The summed E-state index contributed by atoms with van der Waals surface area (Å²) < 4.78 is 28.1. The highest BCUT2D eigenvalue weighted by Gasteiger charge is 2.20. The Kier molecular flexibility index (Phi) is 8.60. The van der Waals surface area contributed by atoms with Gasteiger partial charge in [0.1, 0.15) is 23.0 Å². The number of anilines is 1. The molecular weight excluding hydrogens is 500 g/mol. The van der Waals surface area contributed by atoms with Crippen LogP contribution in [0.1, 0.15) is 17.5 Å². The van der Waals surface area contributed by atoms with Gasteiger partial charge in [0.2, 0.25) is 0 Å². The predicted octanol–water partition coefficient (Wildman–Crippen LogP) is 6.62. The zero-order chi connectivity index (χ0) is 27.9. The Hall–Kier alpha value is -4.66. The number of nitrogens with zero attached hydrogens (tertiary/aromatic N) is 2. The number of pyridine rings is 1. The van der Waals surface area contributed by atoms with Crippen LogP contribution in [0, 0.1) is 13.8 Å². The lowest BCUT2D eigenvalue weighted by molar-refractivity contribution is 0.201. The summed E-state index contributed by atoms with van der Waals surface area (Å²) in [7, 11) is 4.76. The fourth-order valence-electron chi connectivity index (χ4n) is 4.24. The number of rotatable bonds is 11. The molecule has 9 nitrogen and oxygen atoms in total. The highest BCUT2D eigenvalue weighted by molar-refractivity contribution is 5.89. The van der Waals surface area contributed by atoms with Gasteiger partial charge >= 0.3 is 6.09 Å². The Bertz CT molecular complexity index is 1450. The van der Waals surface area contributed by atoms with E-state index in [0.717, 1.165) is 22.3 Å². The van der Waals surface area contributed by atoms with E-state index in [1.165, 1.54) is 4.90 Å². The molecule has 0 aliphatic heterocycles. The third-order valence-corrected chi connectivity index (χ3v) is 6.51. The Morgan fingerprint density at radius 1 is 0.821 bits per heavy atom. The van der Waals surface area contributed by atoms with E-state index < -0.39 is 6.09 Å². The molecule has 0 unspecified atom stereocenters. The highest BCUT2D eigenvalue weighted by atomic mass is 16.5. The van der Waals surface area contributed by atoms with Gasteiger partial charge in [-0.25, -0.2) is 4.79 Å². The summed E-state index contributed by atoms with van der Waals surface area (Å²) in [5.41, 5.74) is 2.94. The molecular formula is C30H32N2O7. The number of hydrogen-bond acceptors (Lipinski definition) is 7. The van der Waals surface area contributed by atoms with E-state index in [0.29, 0.717) is 53.0 Å². The van der Waals surface area contributed by atoms with Gasteiger partial charge in [-0.05, 0) is 79.9 Å². The summed E-state index contributed by atoms with van der Waals surface area (Å²) in [6.45, 7) is 4.45. The maximum atomic E-state index is 12.1. The molecule has 1 aromatic heterocycles. The second kappa shape index (κ2) is 12.3. The topological polar surface area (TPSA) is 99.6 Å². The van der Waals surface area contributed by atoms with Gasteiger partial charge in [-0.15, -0.1) is 0 Å². The molecule has 1 amide bonds. The van der Waals surface area contributed by atoms with Crippen molar-refractivity contribution in [3.8, 4) is 34.5 Å². The van der Waals surface area contributed by atoms with Crippen molar-refractivity contribution in [2.75, 3.05) is 39.4 Å². The van der Waals surface area contributed by atoms with Crippen LogP contribution in [0.3, 0.4) is 0 Å². The molecule has 0 aliphatic carbocycles. The maximum Gasteiger partial charge on any atom is 0.411 e. The van der Waals surface area contributed by atoms with Crippen LogP contribution >= 0.6 is 0 Å². The van der Waals surface area contributed by atoms with Crippen molar-refractivity contribution >= 4 is 22.7 Å². The largest absolute Gasteiger partial charge is 0.497 e. The third-order valence-electron chi connectivity index (χ3n) is 6.51. The van der Waals surface area contributed by atoms with Crippen LogP contribution in [-0.4, -0.2) is 50.7 Å². The predicted molar refractivity (Wildman–Crippen MR) is 149 cm³/mol. The quantitative estimate of drug-likeness (QED) is 0.215. The van der Waals surface area contributed by atoms with Crippen molar-refractivity contribution in [1.82, 2.24) is 4.98 Å². The summed E-state index contributed by atoms with van der Waals surface area (Å²) in [5, 5.41) is 10.7. The van der Waals surface area contributed by atoms with Gasteiger partial charge in [-0.3, -0.25) is 9.88 Å².